The van der Waals surface area contributed by atoms with E-state index in [1.54, 1.807) is 0 Å². The Balaban J connectivity index is 4.77. The summed E-state index contributed by atoms with van der Waals surface area (Å²) in [4.78, 5) is 10.6. The molecule has 3 nitrogen and oxygen atoms in total. The van der Waals surface area contributed by atoms with E-state index in [4.69, 9.17) is 5.73 Å². The second kappa shape index (κ2) is 4.25. The standard InChI is InChI=1S/C6H8F6N2O/c1-2(13)3(15)14-4(5(7,8)9)6(10,11)12/h2,4H,13H2,1H3,(H,14,15). The maximum absolute atomic E-state index is 11.9. The fraction of sp³-hybridized carbons (Fsp3) is 0.833. The summed E-state index contributed by atoms with van der Waals surface area (Å²) >= 11 is 0. The van der Waals surface area contributed by atoms with Crippen molar-refractivity contribution in [3.63, 3.8) is 0 Å². The molecule has 0 fully saturated rings. The van der Waals surface area contributed by atoms with Crippen molar-refractivity contribution in [2.24, 2.45) is 5.73 Å². The Morgan fingerprint density at radius 3 is 1.67 bits per heavy atom. The first-order valence-electron chi connectivity index (χ1n) is 3.65. The molecule has 0 aliphatic heterocycles. The highest BCUT2D eigenvalue weighted by Gasteiger charge is 2.57. The van der Waals surface area contributed by atoms with Gasteiger partial charge in [0.15, 0.2) is 0 Å². The van der Waals surface area contributed by atoms with Crippen molar-refractivity contribution in [1.82, 2.24) is 5.32 Å². The highest BCUT2D eigenvalue weighted by molar-refractivity contribution is 5.81. The zero-order valence-electron chi connectivity index (χ0n) is 7.41. The van der Waals surface area contributed by atoms with Crippen LogP contribution >= 0.6 is 0 Å². The molecular weight excluding hydrogens is 230 g/mol. The van der Waals surface area contributed by atoms with Crippen molar-refractivity contribution in [3.05, 3.63) is 0 Å². The average Bonchev–Trinajstić information content (AvgIpc) is 1.94. The topological polar surface area (TPSA) is 55.1 Å². The molecule has 0 spiro atoms. The fourth-order valence-corrected chi connectivity index (χ4v) is 0.623. The molecule has 0 rings (SSSR count). The summed E-state index contributed by atoms with van der Waals surface area (Å²) < 4.78 is 71.2. The van der Waals surface area contributed by atoms with Gasteiger partial charge in [-0.2, -0.15) is 26.3 Å². The highest BCUT2D eigenvalue weighted by Crippen LogP contribution is 2.33. The molecule has 90 valence electrons. The maximum Gasteiger partial charge on any atom is 0.417 e. The molecule has 0 bridgehead atoms. The van der Waals surface area contributed by atoms with Crippen LogP contribution in [0.25, 0.3) is 0 Å². The zero-order valence-corrected chi connectivity index (χ0v) is 7.41. The van der Waals surface area contributed by atoms with E-state index in [-0.39, 0.29) is 0 Å². The Morgan fingerprint density at radius 2 is 1.47 bits per heavy atom. The lowest BCUT2D eigenvalue weighted by Crippen LogP contribution is -2.57. The van der Waals surface area contributed by atoms with Gasteiger partial charge in [0.1, 0.15) is 0 Å². The van der Waals surface area contributed by atoms with Crippen LogP contribution in [0, 0.1) is 0 Å². The van der Waals surface area contributed by atoms with Gasteiger partial charge in [-0.05, 0) is 6.92 Å². The van der Waals surface area contributed by atoms with E-state index in [0.29, 0.717) is 0 Å². The van der Waals surface area contributed by atoms with Gasteiger partial charge in [-0.1, -0.05) is 0 Å². The van der Waals surface area contributed by atoms with Crippen LogP contribution in [0.5, 0.6) is 0 Å². The maximum atomic E-state index is 11.9. The Labute approximate surface area is 80.6 Å². The summed E-state index contributed by atoms with van der Waals surface area (Å²) in [5.74, 6) is -1.52. The van der Waals surface area contributed by atoms with Crippen LogP contribution < -0.4 is 11.1 Å². The minimum Gasteiger partial charge on any atom is -0.336 e. The van der Waals surface area contributed by atoms with E-state index in [1.807, 2.05) is 0 Å². The molecule has 9 heteroatoms. The Kier molecular flexibility index (Phi) is 3.97. The van der Waals surface area contributed by atoms with Gasteiger partial charge in [-0.25, -0.2) is 0 Å². The monoisotopic (exact) mass is 238 g/mol. The van der Waals surface area contributed by atoms with E-state index >= 15 is 0 Å². The van der Waals surface area contributed by atoms with Gasteiger partial charge < -0.3 is 11.1 Å². The van der Waals surface area contributed by atoms with Gasteiger partial charge in [0, 0.05) is 0 Å². The van der Waals surface area contributed by atoms with Crippen molar-refractivity contribution in [2.45, 2.75) is 31.4 Å². The number of nitrogens with one attached hydrogen (secondary N) is 1. The van der Waals surface area contributed by atoms with Crippen molar-refractivity contribution in [3.8, 4) is 0 Å². The summed E-state index contributed by atoms with van der Waals surface area (Å²) in [7, 11) is 0. The predicted octanol–water partition coefficient (Wildman–Crippen LogP) is 0.943. The quantitative estimate of drug-likeness (QED) is 0.703. The minimum atomic E-state index is -5.59. The number of alkyl halides is 6. The van der Waals surface area contributed by atoms with Crippen LogP contribution in [0.2, 0.25) is 0 Å². The summed E-state index contributed by atoms with van der Waals surface area (Å²) in [5, 5.41) is 0.782. The van der Waals surface area contributed by atoms with Gasteiger partial charge in [0.05, 0.1) is 6.04 Å². The summed E-state index contributed by atoms with van der Waals surface area (Å²) in [6.07, 6.45) is -11.2. The predicted molar refractivity (Wildman–Crippen MR) is 37.7 cm³/mol. The second-order valence-electron chi connectivity index (χ2n) is 2.81. The van der Waals surface area contributed by atoms with Crippen LogP contribution in [-0.2, 0) is 4.79 Å². The first-order valence-corrected chi connectivity index (χ1v) is 3.65. The van der Waals surface area contributed by atoms with E-state index in [2.05, 4.69) is 0 Å². The Bertz CT molecular complexity index is 219. The van der Waals surface area contributed by atoms with E-state index < -0.39 is 30.3 Å². The number of amides is 1. The number of carbonyl (C=O) groups excluding carboxylic acids is 1. The Morgan fingerprint density at radius 1 is 1.13 bits per heavy atom. The van der Waals surface area contributed by atoms with Crippen molar-refractivity contribution < 1.29 is 31.1 Å². The van der Waals surface area contributed by atoms with E-state index in [0.717, 1.165) is 12.2 Å². The van der Waals surface area contributed by atoms with Crippen LogP contribution in [0.15, 0.2) is 0 Å². The van der Waals surface area contributed by atoms with Crippen LogP contribution in [-0.4, -0.2) is 30.3 Å². The molecule has 0 aromatic heterocycles. The van der Waals surface area contributed by atoms with E-state index in [1.165, 1.54) is 0 Å². The molecule has 0 saturated carbocycles. The van der Waals surface area contributed by atoms with Crippen LogP contribution in [0.1, 0.15) is 6.92 Å². The first kappa shape index (κ1) is 14.0. The molecule has 0 heterocycles. The van der Waals surface area contributed by atoms with Gasteiger partial charge in [0.25, 0.3) is 0 Å². The molecule has 1 amide bonds. The number of nitrogens with two attached hydrogens (primary N) is 1. The molecular formula is C6H8F6N2O. The van der Waals surface area contributed by atoms with Crippen LogP contribution in [0.4, 0.5) is 26.3 Å². The molecule has 0 radical (unpaired) electrons. The van der Waals surface area contributed by atoms with Crippen LogP contribution in [0.3, 0.4) is 0 Å². The van der Waals surface area contributed by atoms with Gasteiger partial charge >= 0.3 is 12.4 Å². The number of carbonyl (C=O) groups is 1. The molecule has 1 atom stereocenters. The summed E-state index contributed by atoms with van der Waals surface area (Å²) in [6, 6.07) is -5.33. The average molecular weight is 238 g/mol. The van der Waals surface area contributed by atoms with Crippen molar-refractivity contribution >= 4 is 5.91 Å². The summed E-state index contributed by atoms with van der Waals surface area (Å²) in [5.41, 5.74) is 4.82. The number of rotatable bonds is 2. The van der Waals surface area contributed by atoms with Gasteiger partial charge in [-0.3, -0.25) is 4.79 Å². The third kappa shape index (κ3) is 4.36. The molecule has 3 N–H and O–H groups in total. The molecule has 0 aromatic carbocycles. The molecule has 0 saturated heterocycles. The lowest BCUT2D eigenvalue weighted by Gasteiger charge is -2.24. The smallest absolute Gasteiger partial charge is 0.336 e. The molecule has 0 aliphatic carbocycles. The number of halogens is 6. The molecule has 0 aromatic rings. The van der Waals surface area contributed by atoms with Crippen molar-refractivity contribution in [2.75, 3.05) is 0 Å². The lowest BCUT2D eigenvalue weighted by atomic mass is 10.2. The minimum absolute atomic E-state index is 0.782. The summed E-state index contributed by atoms with van der Waals surface area (Å²) in [6.45, 7) is 0.971. The SMILES string of the molecule is CC(N)C(=O)NC(C(F)(F)F)C(F)(F)F. The Hall–Kier alpha value is -0.990. The third-order valence-corrected chi connectivity index (χ3v) is 1.35. The normalized spacial score (nSPS) is 15.3. The molecule has 1 unspecified atom stereocenters. The number of hydrogen-bond acceptors (Lipinski definition) is 2. The van der Waals surface area contributed by atoms with E-state index in [9.17, 15) is 31.1 Å². The third-order valence-electron chi connectivity index (χ3n) is 1.35. The number of hydrogen-bond donors (Lipinski definition) is 2. The molecule has 15 heavy (non-hydrogen) atoms. The first-order chi connectivity index (χ1) is 6.46. The second-order valence-corrected chi connectivity index (χ2v) is 2.81. The lowest BCUT2D eigenvalue weighted by molar-refractivity contribution is -0.257. The molecule has 0 aliphatic rings. The highest BCUT2D eigenvalue weighted by atomic mass is 19.4. The van der Waals surface area contributed by atoms with Gasteiger partial charge in [0.2, 0.25) is 11.9 Å². The zero-order chi connectivity index (χ0) is 12.4. The largest absolute Gasteiger partial charge is 0.417 e. The fourth-order valence-electron chi connectivity index (χ4n) is 0.623. The van der Waals surface area contributed by atoms with Crippen molar-refractivity contribution in [1.29, 1.82) is 0 Å². The van der Waals surface area contributed by atoms with Gasteiger partial charge in [-0.15, -0.1) is 0 Å².